The Morgan fingerprint density at radius 2 is 1.71 bits per heavy atom. The van der Waals surface area contributed by atoms with Crippen LogP contribution >= 0.6 is 11.6 Å². The molecule has 148 valence electrons. The standard InChI is InChI=1S/C23H27ClN2O2/c1-2-28-23(27)18-20-7-11-22(12-8-20)26-16-14-25(15-17-26)13-3-4-19-5-9-21(24)10-6-19/h3-12H,2,13-18H2,1H3/b4-3+. The van der Waals surface area contributed by atoms with Gasteiger partial charge in [-0.2, -0.15) is 0 Å². The van der Waals surface area contributed by atoms with Crippen LogP contribution in [0.4, 0.5) is 5.69 Å². The van der Waals surface area contributed by atoms with E-state index in [2.05, 4.69) is 34.1 Å². The topological polar surface area (TPSA) is 32.8 Å². The highest BCUT2D eigenvalue weighted by atomic mass is 35.5. The van der Waals surface area contributed by atoms with E-state index in [4.69, 9.17) is 16.3 Å². The van der Waals surface area contributed by atoms with Crippen LogP contribution in [0.2, 0.25) is 5.02 Å². The van der Waals surface area contributed by atoms with Crippen LogP contribution in [-0.2, 0) is 16.0 Å². The summed E-state index contributed by atoms with van der Waals surface area (Å²) in [6.45, 7) is 7.29. The number of esters is 1. The van der Waals surface area contributed by atoms with Crippen molar-refractivity contribution in [3.8, 4) is 0 Å². The fourth-order valence-electron chi connectivity index (χ4n) is 3.30. The molecule has 0 bridgehead atoms. The Hall–Kier alpha value is -2.30. The summed E-state index contributed by atoms with van der Waals surface area (Å²) in [6.07, 6.45) is 4.69. The van der Waals surface area contributed by atoms with Crippen LogP contribution in [0.5, 0.6) is 0 Å². The van der Waals surface area contributed by atoms with E-state index in [1.807, 2.05) is 43.3 Å². The third-order valence-electron chi connectivity index (χ3n) is 4.87. The molecule has 1 aliphatic rings. The number of ether oxygens (including phenoxy) is 1. The molecule has 1 heterocycles. The van der Waals surface area contributed by atoms with Crippen LogP contribution < -0.4 is 4.90 Å². The monoisotopic (exact) mass is 398 g/mol. The lowest BCUT2D eigenvalue weighted by atomic mass is 10.1. The summed E-state index contributed by atoms with van der Waals surface area (Å²) >= 11 is 5.92. The van der Waals surface area contributed by atoms with Crippen molar-refractivity contribution in [2.45, 2.75) is 13.3 Å². The molecule has 0 saturated carbocycles. The Kier molecular flexibility index (Phi) is 7.52. The van der Waals surface area contributed by atoms with Gasteiger partial charge in [-0.25, -0.2) is 0 Å². The number of piperazine rings is 1. The minimum absolute atomic E-state index is 0.171. The molecule has 28 heavy (non-hydrogen) atoms. The van der Waals surface area contributed by atoms with E-state index in [1.54, 1.807) is 0 Å². The third-order valence-corrected chi connectivity index (χ3v) is 5.12. The number of carbonyl (C=O) groups is 1. The lowest BCUT2D eigenvalue weighted by Crippen LogP contribution is -2.46. The fraction of sp³-hybridized carbons (Fsp3) is 0.348. The molecule has 0 aliphatic carbocycles. The third kappa shape index (κ3) is 6.11. The van der Waals surface area contributed by atoms with E-state index < -0.39 is 0 Å². The van der Waals surface area contributed by atoms with Gasteiger partial charge in [-0.15, -0.1) is 0 Å². The molecule has 0 radical (unpaired) electrons. The van der Waals surface area contributed by atoms with Crippen LogP contribution in [0.25, 0.3) is 6.08 Å². The lowest BCUT2D eigenvalue weighted by Gasteiger charge is -2.35. The second-order valence-corrected chi connectivity index (χ2v) is 7.33. The number of nitrogens with zero attached hydrogens (tertiary/aromatic N) is 2. The summed E-state index contributed by atoms with van der Waals surface area (Å²) in [5.41, 5.74) is 3.38. The van der Waals surface area contributed by atoms with Crippen molar-refractivity contribution in [2.24, 2.45) is 0 Å². The summed E-state index contributed by atoms with van der Waals surface area (Å²) in [4.78, 5) is 16.4. The highest BCUT2D eigenvalue weighted by Crippen LogP contribution is 2.18. The number of hydrogen-bond acceptors (Lipinski definition) is 4. The summed E-state index contributed by atoms with van der Waals surface area (Å²) < 4.78 is 5.00. The molecule has 0 amide bonds. The average molecular weight is 399 g/mol. The SMILES string of the molecule is CCOC(=O)Cc1ccc(N2CCN(C/C=C/c3ccc(Cl)cc3)CC2)cc1. The van der Waals surface area contributed by atoms with Gasteiger partial charge in [0.05, 0.1) is 13.0 Å². The molecule has 1 saturated heterocycles. The number of carbonyl (C=O) groups excluding carboxylic acids is 1. The molecule has 5 heteroatoms. The Morgan fingerprint density at radius 1 is 1.04 bits per heavy atom. The van der Waals surface area contributed by atoms with Crippen molar-refractivity contribution in [3.63, 3.8) is 0 Å². The number of rotatable bonds is 7. The first kappa shape index (κ1) is 20.4. The van der Waals surface area contributed by atoms with Gasteiger partial charge in [-0.1, -0.05) is 48.0 Å². The number of anilines is 1. The molecule has 0 atom stereocenters. The Balaban J connectivity index is 1.44. The van der Waals surface area contributed by atoms with E-state index in [0.29, 0.717) is 13.0 Å². The largest absolute Gasteiger partial charge is 0.466 e. The minimum Gasteiger partial charge on any atom is -0.466 e. The maximum absolute atomic E-state index is 11.6. The molecule has 0 unspecified atom stereocenters. The molecule has 2 aromatic rings. The first-order valence-electron chi connectivity index (χ1n) is 9.78. The maximum Gasteiger partial charge on any atom is 0.310 e. The fourth-order valence-corrected chi connectivity index (χ4v) is 3.43. The second kappa shape index (κ2) is 10.3. The first-order valence-corrected chi connectivity index (χ1v) is 10.2. The van der Waals surface area contributed by atoms with E-state index in [1.165, 1.54) is 11.3 Å². The van der Waals surface area contributed by atoms with Crippen molar-refractivity contribution in [1.82, 2.24) is 4.90 Å². The van der Waals surface area contributed by atoms with Crippen LogP contribution in [0.3, 0.4) is 0 Å². The second-order valence-electron chi connectivity index (χ2n) is 6.89. The quantitative estimate of drug-likeness (QED) is 0.651. The first-order chi connectivity index (χ1) is 13.6. The van der Waals surface area contributed by atoms with Crippen molar-refractivity contribution in [1.29, 1.82) is 0 Å². The van der Waals surface area contributed by atoms with Crippen molar-refractivity contribution in [3.05, 3.63) is 70.8 Å². The van der Waals surface area contributed by atoms with Gasteiger partial charge >= 0.3 is 5.97 Å². The summed E-state index contributed by atoms with van der Waals surface area (Å²) in [5.74, 6) is -0.171. The number of hydrogen-bond donors (Lipinski definition) is 0. The normalized spacial score (nSPS) is 15.1. The van der Waals surface area contributed by atoms with Gasteiger partial charge in [0.1, 0.15) is 0 Å². The smallest absolute Gasteiger partial charge is 0.310 e. The van der Waals surface area contributed by atoms with Crippen LogP contribution in [0.1, 0.15) is 18.1 Å². The highest BCUT2D eigenvalue weighted by Gasteiger charge is 2.16. The molecular weight excluding hydrogens is 372 g/mol. The molecule has 4 nitrogen and oxygen atoms in total. The van der Waals surface area contributed by atoms with Gasteiger partial charge in [-0.3, -0.25) is 9.69 Å². The van der Waals surface area contributed by atoms with Crippen LogP contribution in [0.15, 0.2) is 54.6 Å². The molecule has 3 rings (SSSR count). The predicted molar refractivity (Wildman–Crippen MR) is 116 cm³/mol. The van der Waals surface area contributed by atoms with Gasteiger partial charge in [0, 0.05) is 43.4 Å². The average Bonchev–Trinajstić information content (AvgIpc) is 2.71. The van der Waals surface area contributed by atoms with Crippen molar-refractivity contribution < 1.29 is 9.53 Å². The molecular formula is C23H27ClN2O2. The molecule has 1 aliphatic heterocycles. The van der Waals surface area contributed by atoms with E-state index in [9.17, 15) is 4.79 Å². The van der Waals surface area contributed by atoms with E-state index in [0.717, 1.165) is 43.3 Å². The van der Waals surface area contributed by atoms with Gasteiger partial charge in [-0.05, 0) is 42.3 Å². The van der Waals surface area contributed by atoms with Crippen LogP contribution in [-0.4, -0.2) is 50.2 Å². The van der Waals surface area contributed by atoms with Crippen molar-refractivity contribution >= 4 is 29.3 Å². The summed E-state index contributed by atoms with van der Waals surface area (Å²) in [5, 5.41) is 0.766. The lowest BCUT2D eigenvalue weighted by molar-refractivity contribution is -0.142. The molecule has 0 spiro atoms. The number of halogens is 1. The Bertz CT molecular complexity index is 779. The molecule has 0 N–H and O–H groups in total. The molecule has 2 aromatic carbocycles. The van der Waals surface area contributed by atoms with E-state index >= 15 is 0 Å². The van der Waals surface area contributed by atoms with Gasteiger partial charge < -0.3 is 9.64 Å². The molecule has 0 aromatic heterocycles. The Labute approximate surface area is 172 Å². The zero-order chi connectivity index (χ0) is 19.8. The van der Waals surface area contributed by atoms with Gasteiger partial charge in [0.25, 0.3) is 0 Å². The number of benzene rings is 2. The summed E-state index contributed by atoms with van der Waals surface area (Å²) in [6, 6.07) is 16.1. The van der Waals surface area contributed by atoms with Gasteiger partial charge in [0.15, 0.2) is 0 Å². The highest BCUT2D eigenvalue weighted by molar-refractivity contribution is 6.30. The van der Waals surface area contributed by atoms with Crippen molar-refractivity contribution in [2.75, 3.05) is 44.2 Å². The summed E-state index contributed by atoms with van der Waals surface area (Å²) in [7, 11) is 0. The maximum atomic E-state index is 11.6. The van der Waals surface area contributed by atoms with Crippen LogP contribution in [0, 0.1) is 0 Å². The van der Waals surface area contributed by atoms with Gasteiger partial charge in [0.2, 0.25) is 0 Å². The Morgan fingerprint density at radius 3 is 2.36 bits per heavy atom. The zero-order valence-corrected chi connectivity index (χ0v) is 17.1. The van der Waals surface area contributed by atoms with E-state index in [-0.39, 0.29) is 5.97 Å². The molecule has 1 fully saturated rings. The zero-order valence-electron chi connectivity index (χ0n) is 16.3. The minimum atomic E-state index is -0.171. The predicted octanol–water partition coefficient (Wildman–Crippen LogP) is 4.28.